The van der Waals surface area contributed by atoms with Gasteiger partial charge >= 0.3 is 6.09 Å². The number of rotatable bonds is 3. The van der Waals surface area contributed by atoms with Crippen LogP contribution >= 0.6 is 0 Å². The molecule has 0 spiro atoms. The maximum absolute atomic E-state index is 11.6. The molecule has 1 rings (SSSR count). The Bertz CT molecular complexity index is 267. The van der Waals surface area contributed by atoms with Gasteiger partial charge in [0.1, 0.15) is 5.60 Å². The number of hydrogen-bond acceptors (Lipinski definition) is 4. The predicted octanol–water partition coefficient (Wildman–Crippen LogP) is 1.42. The summed E-state index contributed by atoms with van der Waals surface area (Å²) in [5.41, 5.74) is -0.478. The minimum Gasteiger partial charge on any atom is -0.444 e. The minimum absolute atomic E-state index is 0.113. The van der Waals surface area contributed by atoms with Crippen LogP contribution in [0.5, 0.6) is 0 Å². The van der Waals surface area contributed by atoms with Crippen molar-refractivity contribution in [2.45, 2.75) is 64.2 Å². The lowest BCUT2D eigenvalue weighted by Crippen LogP contribution is -2.42. The summed E-state index contributed by atoms with van der Waals surface area (Å²) in [6.45, 7) is 5.32. The van der Waals surface area contributed by atoms with E-state index in [4.69, 9.17) is 9.84 Å². The number of ether oxygens (including phenoxy) is 1. The molecule has 1 atom stereocenters. The van der Waals surface area contributed by atoms with Gasteiger partial charge < -0.3 is 20.3 Å². The number of aliphatic hydroxyl groups excluding tert-OH is 2. The third kappa shape index (κ3) is 5.23. The van der Waals surface area contributed by atoms with E-state index in [-0.39, 0.29) is 24.7 Å². The molecule has 3 N–H and O–H groups in total. The van der Waals surface area contributed by atoms with Gasteiger partial charge in [0.25, 0.3) is 0 Å². The molecule has 0 aliphatic heterocycles. The normalized spacial score (nSPS) is 26.5. The van der Waals surface area contributed by atoms with Crippen LogP contribution < -0.4 is 5.32 Å². The second kappa shape index (κ2) is 6.38. The zero-order valence-corrected chi connectivity index (χ0v) is 11.5. The van der Waals surface area contributed by atoms with Gasteiger partial charge in [0, 0.05) is 6.04 Å². The topological polar surface area (TPSA) is 78.8 Å². The van der Waals surface area contributed by atoms with E-state index >= 15 is 0 Å². The number of alkyl carbamates (subject to hydrolysis) is 1. The van der Waals surface area contributed by atoms with E-state index in [1.54, 1.807) is 0 Å². The molecule has 18 heavy (non-hydrogen) atoms. The van der Waals surface area contributed by atoms with Crippen molar-refractivity contribution in [3.63, 3.8) is 0 Å². The lowest BCUT2D eigenvalue weighted by Gasteiger charge is -2.31. The molecule has 0 aromatic carbocycles. The molecular formula is C13H25NO4. The fourth-order valence-electron chi connectivity index (χ4n) is 2.27. The van der Waals surface area contributed by atoms with Gasteiger partial charge in [-0.15, -0.1) is 0 Å². The number of amides is 1. The van der Waals surface area contributed by atoms with E-state index in [0.717, 1.165) is 25.7 Å². The second-order valence-electron chi connectivity index (χ2n) is 6.01. The summed E-state index contributed by atoms with van der Waals surface area (Å²) in [6.07, 6.45) is 2.27. The number of carbonyl (C=O) groups is 1. The van der Waals surface area contributed by atoms with Crippen molar-refractivity contribution in [1.82, 2.24) is 5.32 Å². The fourth-order valence-corrected chi connectivity index (χ4v) is 2.27. The quantitative estimate of drug-likeness (QED) is 0.716. The highest BCUT2D eigenvalue weighted by Gasteiger charge is 2.27. The van der Waals surface area contributed by atoms with Gasteiger partial charge in [-0.05, 0) is 52.4 Å². The molecule has 5 nitrogen and oxygen atoms in total. The van der Waals surface area contributed by atoms with Crippen molar-refractivity contribution in [3.05, 3.63) is 0 Å². The molecule has 0 aromatic rings. The smallest absolute Gasteiger partial charge is 0.407 e. The van der Waals surface area contributed by atoms with E-state index in [9.17, 15) is 9.90 Å². The van der Waals surface area contributed by atoms with Crippen molar-refractivity contribution >= 4 is 6.09 Å². The first-order chi connectivity index (χ1) is 8.31. The highest BCUT2D eigenvalue weighted by Crippen LogP contribution is 2.27. The minimum atomic E-state index is -0.632. The van der Waals surface area contributed by atoms with Gasteiger partial charge in [0.2, 0.25) is 0 Å². The molecule has 1 saturated carbocycles. The van der Waals surface area contributed by atoms with Crippen LogP contribution in [0, 0.1) is 5.92 Å². The summed E-state index contributed by atoms with van der Waals surface area (Å²) in [5, 5.41) is 21.3. The van der Waals surface area contributed by atoms with Crippen LogP contribution in [0.25, 0.3) is 0 Å². The first kappa shape index (κ1) is 15.2. The van der Waals surface area contributed by atoms with Crippen LogP contribution in [0.1, 0.15) is 46.5 Å². The molecule has 0 unspecified atom stereocenters. The summed E-state index contributed by atoms with van der Waals surface area (Å²) in [5.74, 6) is 0.145. The summed E-state index contributed by atoms with van der Waals surface area (Å²) in [6, 6.07) is 0.113. The highest BCUT2D eigenvalue weighted by atomic mass is 16.6. The number of aliphatic hydroxyl groups is 2. The van der Waals surface area contributed by atoms with Crippen molar-refractivity contribution in [1.29, 1.82) is 0 Å². The van der Waals surface area contributed by atoms with Gasteiger partial charge in [-0.3, -0.25) is 0 Å². The van der Waals surface area contributed by atoms with Gasteiger partial charge in [0.05, 0.1) is 12.7 Å². The zero-order valence-electron chi connectivity index (χ0n) is 11.5. The molecule has 1 fully saturated rings. The van der Waals surface area contributed by atoms with Crippen molar-refractivity contribution < 1.29 is 19.7 Å². The molecular weight excluding hydrogens is 234 g/mol. The van der Waals surface area contributed by atoms with E-state index in [1.807, 2.05) is 20.8 Å². The molecule has 106 valence electrons. The van der Waals surface area contributed by atoms with Crippen LogP contribution in [0.4, 0.5) is 4.79 Å². The molecule has 0 radical (unpaired) electrons. The molecule has 1 amide bonds. The number of nitrogens with one attached hydrogen (secondary N) is 1. The fraction of sp³-hybridized carbons (Fsp3) is 0.923. The van der Waals surface area contributed by atoms with E-state index in [0.29, 0.717) is 0 Å². The molecule has 1 aliphatic rings. The van der Waals surface area contributed by atoms with Gasteiger partial charge in [0.15, 0.2) is 0 Å². The second-order valence-corrected chi connectivity index (χ2v) is 6.01. The molecule has 0 bridgehead atoms. The monoisotopic (exact) mass is 259 g/mol. The molecule has 0 heterocycles. The van der Waals surface area contributed by atoms with Crippen LogP contribution in [0.15, 0.2) is 0 Å². The zero-order chi connectivity index (χ0) is 13.8. The van der Waals surface area contributed by atoms with E-state index in [2.05, 4.69) is 5.32 Å². The first-order valence-corrected chi connectivity index (χ1v) is 6.60. The Hall–Kier alpha value is -0.810. The summed E-state index contributed by atoms with van der Waals surface area (Å²) >= 11 is 0. The molecule has 0 saturated heterocycles. The Morgan fingerprint density at radius 3 is 2.33 bits per heavy atom. The van der Waals surface area contributed by atoms with Crippen LogP contribution in [0.3, 0.4) is 0 Å². The Kier molecular flexibility index (Phi) is 5.41. The third-order valence-corrected chi connectivity index (χ3v) is 3.22. The Labute approximate surface area is 109 Å². The third-order valence-electron chi connectivity index (χ3n) is 3.22. The Balaban J connectivity index is 2.29. The summed E-state index contributed by atoms with van der Waals surface area (Å²) in [7, 11) is 0. The summed E-state index contributed by atoms with van der Waals surface area (Å²) in [4.78, 5) is 11.6. The van der Waals surface area contributed by atoms with E-state index in [1.165, 1.54) is 0 Å². The molecule has 0 aromatic heterocycles. The van der Waals surface area contributed by atoms with Gasteiger partial charge in [-0.2, -0.15) is 0 Å². The SMILES string of the molecule is CC(C)(C)OC(=O)NC1CCC([C@@H](O)CO)CC1. The van der Waals surface area contributed by atoms with Gasteiger partial charge in [-0.1, -0.05) is 0 Å². The van der Waals surface area contributed by atoms with Crippen LogP contribution in [-0.2, 0) is 4.74 Å². The lowest BCUT2D eigenvalue weighted by atomic mass is 9.83. The summed E-state index contributed by atoms with van der Waals surface area (Å²) < 4.78 is 5.20. The standard InChI is InChI=1S/C13H25NO4/c1-13(2,3)18-12(17)14-10-6-4-9(5-7-10)11(16)8-15/h9-11,15-16H,4-8H2,1-3H3,(H,14,17)/t9?,10?,11-/m0/s1. The molecule has 1 aliphatic carbocycles. The maximum Gasteiger partial charge on any atom is 0.407 e. The average molecular weight is 259 g/mol. The average Bonchev–Trinajstić information content (AvgIpc) is 2.26. The largest absolute Gasteiger partial charge is 0.444 e. The number of hydrogen-bond donors (Lipinski definition) is 3. The van der Waals surface area contributed by atoms with Crippen molar-refractivity contribution in [3.8, 4) is 0 Å². The highest BCUT2D eigenvalue weighted by molar-refractivity contribution is 5.68. The number of carbonyl (C=O) groups excluding carboxylic acids is 1. The van der Waals surface area contributed by atoms with Crippen molar-refractivity contribution in [2.75, 3.05) is 6.61 Å². The van der Waals surface area contributed by atoms with Crippen LogP contribution in [0.2, 0.25) is 0 Å². The predicted molar refractivity (Wildman–Crippen MR) is 68.2 cm³/mol. The van der Waals surface area contributed by atoms with Gasteiger partial charge in [-0.25, -0.2) is 4.79 Å². The Morgan fingerprint density at radius 1 is 1.33 bits per heavy atom. The van der Waals surface area contributed by atoms with Crippen LogP contribution in [-0.4, -0.2) is 40.7 Å². The van der Waals surface area contributed by atoms with E-state index < -0.39 is 11.7 Å². The molecule has 5 heteroatoms. The maximum atomic E-state index is 11.6. The Morgan fingerprint density at radius 2 is 1.89 bits per heavy atom. The lowest BCUT2D eigenvalue weighted by molar-refractivity contribution is 0.0251. The van der Waals surface area contributed by atoms with Crippen molar-refractivity contribution in [2.24, 2.45) is 5.92 Å². The first-order valence-electron chi connectivity index (χ1n) is 6.60.